The Balaban J connectivity index is 2.09. The molecule has 100 valence electrons. The van der Waals surface area contributed by atoms with E-state index in [1.54, 1.807) is 0 Å². The lowest BCUT2D eigenvalue weighted by Crippen LogP contribution is -2.57. The predicted molar refractivity (Wildman–Crippen MR) is 74.2 cm³/mol. The van der Waals surface area contributed by atoms with Crippen LogP contribution in [-0.4, -0.2) is 37.1 Å². The van der Waals surface area contributed by atoms with Crippen LogP contribution in [0.25, 0.3) is 0 Å². The van der Waals surface area contributed by atoms with Gasteiger partial charge in [0.15, 0.2) is 0 Å². The highest BCUT2D eigenvalue weighted by atomic mass is 15.2. The summed E-state index contributed by atoms with van der Waals surface area (Å²) in [6.07, 6.45) is 4.15. The van der Waals surface area contributed by atoms with Gasteiger partial charge in [-0.3, -0.25) is 4.90 Å². The van der Waals surface area contributed by atoms with Crippen LogP contribution >= 0.6 is 0 Å². The highest BCUT2D eigenvalue weighted by molar-refractivity contribution is 4.99. The minimum absolute atomic E-state index is 0.451. The second-order valence-corrected chi connectivity index (χ2v) is 7.12. The zero-order chi connectivity index (χ0) is 12.6. The van der Waals surface area contributed by atoms with Crippen molar-refractivity contribution in [1.82, 2.24) is 10.2 Å². The molecule has 17 heavy (non-hydrogen) atoms. The van der Waals surface area contributed by atoms with Crippen LogP contribution in [0.5, 0.6) is 0 Å². The average Bonchev–Trinajstić information content (AvgIpc) is 2.57. The number of nitrogens with zero attached hydrogens (tertiary/aromatic N) is 1. The Bertz CT molecular complexity index is 252. The van der Waals surface area contributed by atoms with Crippen LogP contribution in [0.2, 0.25) is 0 Å². The summed E-state index contributed by atoms with van der Waals surface area (Å²) in [5.41, 5.74) is 0.451. The second-order valence-electron chi connectivity index (χ2n) is 7.12. The lowest BCUT2D eigenvalue weighted by Gasteiger charge is -2.47. The molecule has 0 aromatic rings. The van der Waals surface area contributed by atoms with Crippen molar-refractivity contribution in [2.45, 2.75) is 59.0 Å². The van der Waals surface area contributed by atoms with Crippen LogP contribution < -0.4 is 5.32 Å². The van der Waals surface area contributed by atoms with E-state index in [0.717, 1.165) is 17.9 Å². The van der Waals surface area contributed by atoms with Crippen molar-refractivity contribution in [2.24, 2.45) is 17.3 Å². The fraction of sp³-hybridized carbons (Fsp3) is 1.00. The molecule has 1 aliphatic carbocycles. The quantitative estimate of drug-likeness (QED) is 0.796. The van der Waals surface area contributed by atoms with E-state index >= 15 is 0 Å². The summed E-state index contributed by atoms with van der Waals surface area (Å²) in [5, 5.41) is 3.61. The summed E-state index contributed by atoms with van der Waals surface area (Å²) in [6.45, 7) is 12.3. The molecular weight excluding hydrogens is 208 g/mol. The Morgan fingerprint density at radius 1 is 1.12 bits per heavy atom. The maximum atomic E-state index is 3.61. The smallest absolute Gasteiger partial charge is 0.0271 e. The number of nitrogens with one attached hydrogen (secondary N) is 1. The molecule has 4 unspecified atom stereocenters. The summed E-state index contributed by atoms with van der Waals surface area (Å²) in [5.74, 6) is 1.75. The van der Waals surface area contributed by atoms with Crippen molar-refractivity contribution < 1.29 is 0 Å². The molecule has 1 heterocycles. The molecule has 1 N–H and O–H groups in total. The van der Waals surface area contributed by atoms with E-state index in [1.165, 1.54) is 32.4 Å². The van der Waals surface area contributed by atoms with Gasteiger partial charge in [-0.2, -0.15) is 0 Å². The molecule has 4 atom stereocenters. The second kappa shape index (κ2) is 4.89. The molecule has 0 spiro atoms. The van der Waals surface area contributed by atoms with Gasteiger partial charge in [-0.25, -0.2) is 0 Å². The van der Waals surface area contributed by atoms with E-state index in [-0.39, 0.29) is 0 Å². The third-order valence-corrected chi connectivity index (χ3v) is 5.34. The normalized spacial score (nSPS) is 42.9. The SMILES string of the molecule is CNC1C(N2CC(C)C(C)C2)CCCC1(C)C. The van der Waals surface area contributed by atoms with Gasteiger partial charge in [-0.1, -0.05) is 34.1 Å². The first-order valence-corrected chi connectivity index (χ1v) is 7.37. The highest BCUT2D eigenvalue weighted by Gasteiger charge is 2.42. The zero-order valence-corrected chi connectivity index (χ0v) is 12.3. The molecule has 2 aliphatic rings. The standard InChI is InChI=1S/C15H30N2/c1-11-9-17(10-12(11)2)13-7-6-8-15(3,4)14(13)16-5/h11-14,16H,6-10H2,1-5H3. The van der Waals surface area contributed by atoms with E-state index in [9.17, 15) is 0 Å². The first-order valence-electron chi connectivity index (χ1n) is 7.37. The molecule has 1 saturated heterocycles. The van der Waals surface area contributed by atoms with Crippen molar-refractivity contribution in [2.75, 3.05) is 20.1 Å². The number of likely N-dealkylation sites (tertiary alicyclic amines) is 1. The topological polar surface area (TPSA) is 15.3 Å². The lowest BCUT2D eigenvalue weighted by molar-refractivity contribution is 0.0631. The first-order chi connectivity index (χ1) is 7.95. The van der Waals surface area contributed by atoms with Gasteiger partial charge in [0.1, 0.15) is 0 Å². The third kappa shape index (κ3) is 2.53. The molecule has 2 heteroatoms. The maximum Gasteiger partial charge on any atom is 0.0271 e. The average molecular weight is 238 g/mol. The largest absolute Gasteiger partial charge is 0.315 e. The van der Waals surface area contributed by atoms with E-state index in [1.807, 2.05) is 0 Å². The van der Waals surface area contributed by atoms with Gasteiger partial charge < -0.3 is 5.32 Å². The van der Waals surface area contributed by atoms with Gasteiger partial charge in [-0.05, 0) is 37.1 Å². The van der Waals surface area contributed by atoms with Crippen LogP contribution in [0.1, 0.15) is 47.0 Å². The minimum atomic E-state index is 0.451. The zero-order valence-electron chi connectivity index (χ0n) is 12.3. The number of hydrogen-bond donors (Lipinski definition) is 1. The van der Waals surface area contributed by atoms with E-state index in [2.05, 4.69) is 45.0 Å². The molecule has 0 radical (unpaired) electrons. The third-order valence-electron chi connectivity index (χ3n) is 5.34. The molecule has 2 fully saturated rings. The number of likely N-dealkylation sites (N-methyl/N-ethyl adjacent to an activating group) is 1. The van der Waals surface area contributed by atoms with Gasteiger partial charge in [0.25, 0.3) is 0 Å². The Hall–Kier alpha value is -0.0800. The van der Waals surface area contributed by atoms with Crippen LogP contribution in [0.4, 0.5) is 0 Å². The molecule has 0 amide bonds. The first kappa shape index (κ1) is 13.4. The molecule has 1 saturated carbocycles. The molecule has 2 rings (SSSR count). The van der Waals surface area contributed by atoms with Crippen molar-refractivity contribution in [3.05, 3.63) is 0 Å². The van der Waals surface area contributed by atoms with Gasteiger partial charge in [0.2, 0.25) is 0 Å². The Morgan fingerprint density at radius 2 is 1.71 bits per heavy atom. The molecule has 0 aromatic carbocycles. The summed E-state index contributed by atoms with van der Waals surface area (Å²) in [7, 11) is 2.15. The minimum Gasteiger partial charge on any atom is -0.315 e. The molecular formula is C15H30N2. The maximum absolute atomic E-state index is 3.61. The van der Waals surface area contributed by atoms with Crippen molar-refractivity contribution in [3.8, 4) is 0 Å². The van der Waals surface area contributed by atoms with E-state index in [0.29, 0.717) is 11.5 Å². The monoisotopic (exact) mass is 238 g/mol. The number of hydrogen-bond acceptors (Lipinski definition) is 2. The Morgan fingerprint density at radius 3 is 2.24 bits per heavy atom. The van der Waals surface area contributed by atoms with Crippen LogP contribution in [-0.2, 0) is 0 Å². The highest BCUT2D eigenvalue weighted by Crippen LogP contribution is 2.39. The molecule has 0 bridgehead atoms. The summed E-state index contributed by atoms with van der Waals surface area (Å²) in [6, 6.07) is 1.42. The summed E-state index contributed by atoms with van der Waals surface area (Å²) in [4.78, 5) is 2.76. The number of rotatable bonds is 2. The van der Waals surface area contributed by atoms with E-state index in [4.69, 9.17) is 0 Å². The molecule has 2 nitrogen and oxygen atoms in total. The van der Waals surface area contributed by atoms with Crippen LogP contribution in [0.3, 0.4) is 0 Å². The van der Waals surface area contributed by atoms with Crippen molar-refractivity contribution >= 4 is 0 Å². The molecule has 0 aromatic heterocycles. The van der Waals surface area contributed by atoms with Gasteiger partial charge >= 0.3 is 0 Å². The van der Waals surface area contributed by atoms with Crippen molar-refractivity contribution in [3.63, 3.8) is 0 Å². The predicted octanol–water partition coefficient (Wildman–Crippen LogP) is 2.74. The Kier molecular flexibility index (Phi) is 3.84. The van der Waals surface area contributed by atoms with E-state index < -0.39 is 0 Å². The lowest BCUT2D eigenvalue weighted by atomic mass is 9.70. The van der Waals surface area contributed by atoms with Gasteiger partial charge in [0, 0.05) is 25.2 Å². The van der Waals surface area contributed by atoms with Crippen LogP contribution in [0.15, 0.2) is 0 Å². The molecule has 1 aliphatic heterocycles. The Labute approximate surface area is 107 Å². The van der Waals surface area contributed by atoms with Gasteiger partial charge in [-0.15, -0.1) is 0 Å². The summed E-state index contributed by atoms with van der Waals surface area (Å²) < 4.78 is 0. The summed E-state index contributed by atoms with van der Waals surface area (Å²) >= 11 is 0. The fourth-order valence-electron chi connectivity index (χ4n) is 4.03. The fourth-order valence-corrected chi connectivity index (χ4v) is 4.03. The van der Waals surface area contributed by atoms with Gasteiger partial charge in [0.05, 0.1) is 0 Å². The van der Waals surface area contributed by atoms with Crippen molar-refractivity contribution in [1.29, 1.82) is 0 Å². The van der Waals surface area contributed by atoms with Crippen LogP contribution in [0, 0.1) is 17.3 Å².